The largest absolute Gasteiger partial charge is 0.369 e. The first kappa shape index (κ1) is 12.5. The van der Waals surface area contributed by atoms with E-state index in [1.54, 1.807) is 18.3 Å². The molecular formula is C15H13N3O2. The van der Waals surface area contributed by atoms with Gasteiger partial charge in [-0.05, 0) is 17.7 Å². The fraction of sp³-hybridized carbons (Fsp3) is 0.133. The van der Waals surface area contributed by atoms with Gasteiger partial charge in [-0.2, -0.15) is 0 Å². The van der Waals surface area contributed by atoms with E-state index in [2.05, 4.69) is 15.0 Å². The van der Waals surface area contributed by atoms with Crippen LogP contribution in [-0.4, -0.2) is 15.0 Å². The van der Waals surface area contributed by atoms with Gasteiger partial charge >= 0.3 is 0 Å². The molecule has 2 heterocycles. The van der Waals surface area contributed by atoms with Crippen molar-refractivity contribution in [2.75, 3.05) is 0 Å². The van der Waals surface area contributed by atoms with Crippen LogP contribution in [0.2, 0.25) is 0 Å². The van der Waals surface area contributed by atoms with Crippen molar-refractivity contribution in [1.29, 1.82) is 0 Å². The minimum atomic E-state index is -0.193. The highest BCUT2D eigenvalue weighted by molar-refractivity contribution is 5.72. The molecule has 3 rings (SSSR count). The van der Waals surface area contributed by atoms with E-state index in [0.29, 0.717) is 23.5 Å². The Hall–Kier alpha value is -2.53. The van der Waals surface area contributed by atoms with Crippen LogP contribution in [0.1, 0.15) is 11.4 Å². The number of hydrogen-bond donors (Lipinski definition) is 1. The van der Waals surface area contributed by atoms with Crippen LogP contribution in [-0.2, 0) is 18.0 Å². The number of aromatic nitrogens is 3. The summed E-state index contributed by atoms with van der Waals surface area (Å²) in [5, 5.41) is 0.485. The lowest BCUT2D eigenvalue weighted by atomic mass is 10.2. The Morgan fingerprint density at radius 2 is 1.90 bits per heavy atom. The Kier molecular flexibility index (Phi) is 3.52. The SMILES string of the molecule is O=c1[nH]c(COCc2ccccc2)nc2ncccc12. The summed E-state index contributed by atoms with van der Waals surface area (Å²) < 4.78 is 5.55. The molecule has 1 aromatic carbocycles. The summed E-state index contributed by atoms with van der Waals surface area (Å²) in [5.41, 5.74) is 1.32. The quantitative estimate of drug-likeness (QED) is 0.785. The molecule has 0 atom stereocenters. The van der Waals surface area contributed by atoms with Crippen LogP contribution in [0.15, 0.2) is 53.5 Å². The van der Waals surface area contributed by atoms with Gasteiger partial charge in [0.1, 0.15) is 12.4 Å². The molecule has 0 aliphatic heterocycles. The lowest BCUT2D eigenvalue weighted by Gasteiger charge is -2.04. The molecule has 0 aliphatic carbocycles. The van der Waals surface area contributed by atoms with Crippen LogP contribution < -0.4 is 5.56 Å². The summed E-state index contributed by atoms with van der Waals surface area (Å²) in [7, 11) is 0. The van der Waals surface area contributed by atoms with Crippen molar-refractivity contribution >= 4 is 11.0 Å². The number of hydrogen-bond acceptors (Lipinski definition) is 4. The van der Waals surface area contributed by atoms with Gasteiger partial charge in [-0.3, -0.25) is 4.79 Å². The van der Waals surface area contributed by atoms with Crippen LogP contribution in [0.3, 0.4) is 0 Å². The molecule has 0 fully saturated rings. The normalized spacial score (nSPS) is 10.8. The molecule has 1 N–H and O–H groups in total. The van der Waals surface area contributed by atoms with Crippen molar-refractivity contribution in [2.45, 2.75) is 13.2 Å². The van der Waals surface area contributed by atoms with Crippen molar-refractivity contribution in [3.8, 4) is 0 Å². The number of rotatable bonds is 4. The number of H-pyrrole nitrogens is 1. The highest BCUT2D eigenvalue weighted by atomic mass is 16.5. The Morgan fingerprint density at radius 3 is 2.75 bits per heavy atom. The maximum absolute atomic E-state index is 11.8. The fourth-order valence-electron chi connectivity index (χ4n) is 1.93. The third-order valence-corrected chi connectivity index (χ3v) is 2.88. The Labute approximate surface area is 115 Å². The predicted octanol–water partition coefficient (Wildman–Crippen LogP) is 2.03. The number of pyridine rings is 1. The van der Waals surface area contributed by atoms with Crippen molar-refractivity contribution in [3.05, 3.63) is 70.4 Å². The van der Waals surface area contributed by atoms with Crippen LogP contribution in [0.5, 0.6) is 0 Å². The molecule has 0 aliphatic rings. The first-order valence-electron chi connectivity index (χ1n) is 6.28. The van der Waals surface area contributed by atoms with E-state index in [1.165, 1.54) is 0 Å². The van der Waals surface area contributed by atoms with E-state index in [9.17, 15) is 4.79 Å². The van der Waals surface area contributed by atoms with Gasteiger partial charge in [0.05, 0.1) is 12.0 Å². The monoisotopic (exact) mass is 267 g/mol. The molecule has 0 unspecified atom stereocenters. The van der Waals surface area contributed by atoms with Crippen LogP contribution in [0, 0.1) is 0 Å². The molecular weight excluding hydrogens is 254 g/mol. The van der Waals surface area contributed by atoms with Crippen molar-refractivity contribution in [1.82, 2.24) is 15.0 Å². The molecule has 0 amide bonds. The lowest BCUT2D eigenvalue weighted by molar-refractivity contribution is 0.102. The minimum Gasteiger partial charge on any atom is -0.369 e. The first-order valence-corrected chi connectivity index (χ1v) is 6.28. The zero-order chi connectivity index (χ0) is 13.8. The van der Waals surface area contributed by atoms with E-state index in [4.69, 9.17) is 4.74 Å². The second-order valence-electron chi connectivity index (χ2n) is 4.37. The summed E-state index contributed by atoms with van der Waals surface area (Å²) >= 11 is 0. The molecule has 0 saturated carbocycles. The van der Waals surface area contributed by atoms with Crippen molar-refractivity contribution in [3.63, 3.8) is 0 Å². The van der Waals surface area contributed by atoms with Crippen molar-refractivity contribution in [2.24, 2.45) is 0 Å². The number of aromatic amines is 1. The molecule has 5 nitrogen and oxygen atoms in total. The van der Waals surface area contributed by atoms with Gasteiger partial charge in [-0.15, -0.1) is 0 Å². The molecule has 0 bridgehead atoms. The smallest absolute Gasteiger partial charge is 0.260 e. The molecule has 5 heteroatoms. The molecule has 0 saturated heterocycles. The summed E-state index contributed by atoms with van der Waals surface area (Å²) in [5.74, 6) is 0.483. The number of ether oxygens (including phenoxy) is 1. The van der Waals surface area contributed by atoms with E-state index in [-0.39, 0.29) is 12.2 Å². The highest BCUT2D eigenvalue weighted by Gasteiger charge is 2.04. The summed E-state index contributed by atoms with van der Waals surface area (Å²) in [6.45, 7) is 0.724. The lowest BCUT2D eigenvalue weighted by Crippen LogP contribution is -2.13. The second-order valence-corrected chi connectivity index (χ2v) is 4.37. The molecule has 2 aromatic heterocycles. The summed E-state index contributed by atoms with van der Waals surface area (Å²) in [6, 6.07) is 13.2. The van der Waals surface area contributed by atoms with Crippen LogP contribution >= 0.6 is 0 Å². The number of benzene rings is 1. The number of nitrogens with zero attached hydrogens (tertiary/aromatic N) is 2. The molecule has 3 aromatic rings. The van der Waals surface area contributed by atoms with Crippen LogP contribution in [0.25, 0.3) is 11.0 Å². The first-order chi connectivity index (χ1) is 9.83. The standard InChI is InChI=1S/C15H13N3O2/c19-15-12-7-4-8-16-14(12)17-13(18-15)10-20-9-11-5-2-1-3-6-11/h1-8H,9-10H2,(H,16,17,18,19). The van der Waals surface area contributed by atoms with Gasteiger partial charge in [-0.1, -0.05) is 30.3 Å². The summed E-state index contributed by atoms with van der Waals surface area (Å²) in [6.07, 6.45) is 1.61. The van der Waals surface area contributed by atoms with Gasteiger partial charge in [0.25, 0.3) is 5.56 Å². The molecule has 0 spiro atoms. The number of nitrogens with one attached hydrogen (secondary N) is 1. The van der Waals surface area contributed by atoms with E-state index in [1.807, 2.05) is 30.3 Å². The number of fused-ring (bicyclic) bond motifs is 1. The van der Waals surface area contributed by atoms with Gasteiger partial charge in [-0.25, -0.2) is 9.97 Å². The average molecular weight is 267 g/mol. The topological polar surface area (TPSA) is 67.9 Å². The van der Waals surface area contributed by atoms with Crippen molar-refractivity contribution < 1.29 is 4.74 Å². The average Bonchev–Trinajstić information content (AvgIpc) is 2.48. The van der Waals surface area contributed by atoms with Gasteiger partial charge < -0.3 is 9.72 Å². The Morgan fingerprint density at radius 1 is 1.05 bits per heavy atom. The molecule has 100 valence electrons. The molecule has 20 heavy (non-hydrogen) atoms. The summed E-state index contributed by atoms with van der Waals surface area (Å²) in [4.78, 5) is 22.9. The van der Waals surface area contributed by atoms with E-state index < -0.39 is 0 Å². The zero-order valence-corrected chi connectivity index (χ0v) is 10.7. The third kappa shape index (κ3) is 2.73. The second kappa shape index (κ2) is 5.63. The van der Waals surface area contributed by atoms with E-state index in [0.717, 1.165) is 5.56 Å². The Balaban J connectivity index is 1.73. The molecule has 0 radical (unpaired) electrons. The van der Waals surface area contributed by atoms with Crippen LogP contribution in [0.4, 0.5) is 0 Å². The maximum atomic E-state index is 11.8. The zero-order valence-electron chi connectivity index (χ0n) is 10.7. The van der Waals surface area contributed by atoms with Gasteiger partial charge in [0, 0.05) is 6.20 Å². The minimum absolute atomic E-state index is 0.193. The third-order valence-electron chi connectivity index (χ3n) is 2.88. The van der Waals surface area contributed by atoms with Gasteiger partial charge in [0.2, 0.25) is 0 Å². The van der Waals surface area contributed by atoms with E-state index >= 15 is 0 Å². The maximum Gasteiger partial charge on any atom is 0.260 e. The Bertz CT molecular complexity index is 769. The predicted molar refractivity (Wildman–Crippen MR) is 75.1 cm³/mol. The highest BCUT2D eigenvalue weighted by Crippen LogP contribution is 2.05. The van der Waals surface area contributed by atoms with Gasteiger partial charge in [0.15, 0.2) is 5.65 Å². The fourth-order valence-corrected chi connectivity index (χ4v) is 1.93.